The van der Waals surface area contributed by atoms with Crippen molar-refractivity contribution in [3.8, 4) is 5.75 Å². The molecule has 0 bridgehead atoms. The molecule has 0 saturated heterocycles. The van der Waals surface area contributed by atoms with Gasteiger partial charge in [0.15, 0.2) is 0 Å². The van der Waals surface area contributed by atoms with E-state index in [1.807, 2.05) is 72.8 Å². The summed E-state index contributed by atoms with van der Waals surface area (Å²) in [7, 11) is 0. The molecule has 0 aliphatic carbocycles. The van der Waals surface area contributed by atoms with Crippen molar-refractivity contribution in [2.45, 2.75) is 32.8 Å². The van der Waals surface area contributed by atoms with Gasteiger partial charge < -0.3 is 4.74 Å². The molecule has 154 valence electrons. The van der Waals surface area contributed by atoms with E-state index in [0.29, 0.717) is 17.2 Å². The monoisotopic (exact) mass is 420 g/mol. The van der Waals surface area contributed by atoms with Crippen LogP contribution in [0.3, 0.4) is 0 Å². The Hall–Kier alpha value is -3.11. The van der Waals surface area contributed by atoms with E-state index >= 15 is 0 Å². The third kappa shape index (κ3) is 6.19. The van der Waals surface area contributed by atoms with E-state index in [9.17, 15) is 4.79 Å². The van der Waals surface area contributed by atoms with Crippen LogP contribution in [-0.2, 0) is 12.0 Å². The SMILES string of the molecule is CC(C)(C)c1ccc(C(=O)N/N=C/c2ccc(OCc3cccc(Cl)c3)cc2)cc1. The molecular formula is C25H25ClN2O2. The highest BCUT2D eigenvalue weighted by molar-refractivity contribution is 6.30. The van der Waals surface area contributed by atoms with Crippen LogP contribution in [0, 0.1) is 0 Å². The fourth-order valence-electron chi connectivity index (χ4n) is 2.80. The van der Waals surface area contributed by atoms with Gasteiger partial charge in [0.1, 0.15) is 12.4 Å². The van der Waals surface area contributed by atoms with Crippen LogP contribution in [0.4, 0.5) is 0 Å². The molecule has 4 nitrogen and oxygen atoms in total. The average Bonchev–Trinajstić information content (AvgIpc) is 2.72. The summed E-state index contributed by atoms with van der Waals surface area (Å²) in [5.41, 5.74) is 6.23. The Morgan fingerprint density at radius 3 is 2.37 bits per heavy atom. The molecule has 0 saturated carbocycles. The Balaban J connectivity index is 1.51. The van der Waals surface area contributed by atoms with Crippen LogP contribution in [0.5, 0.6) is 5.75 Å². The Kier molecular flexibility index (Phi) is 6.91. The van der Waals surface area contributed by atoms with Crippen LogP contribution in [0.2, 0.25) is 5.02 Å². The topological polar surface area (TPSA) is 50.7 Å². The van der Waals surface area contributed by atoms with E-state index < -0.39 is 0 Å². The molecule has 3 aromatic rings. The van der Waals surface area contributed by atoms with Crippen LogP contribution >= 0.6 is 11.6 Å². The second kappa shape index (κ2) is 9.59. The predicted octanol–water partition coefficient (Wildman–Crippen LogP) is 5.98. The van der Waals surface area contributed by atoms with E-state index in [4.69, 9.17) is 16.3 Å². The van der Waals surface area contributed by atoms with Gasteiger partial charge in [-0.1, -0.05) is 56.6 Å². The van der Waals surface area contributed by atoms with Gasteiger partial charge in [0.2, 0.25) is 0 Å². The first kappa shape index (κ1) is 21.6. The molecule has 1 N–H and O–H groups in total. The highest BCUT2D eigenvalue weighted by Gasteiger charge is 2.14. The summed E-state index contributed by atoms with van der Waals surface area (Å²) in [6, 6.07) is 22.6. The first-order valence-electron chi connectivity index (χ1n) is 9.72. The summed E-state index contributed by atoms with van der Waals surface area (Å²) in [6.45, 7) is 6.86. The standard InChI is InChI=1S/C25H25ClN2O2/c1-25(2,3)21-11-9-20(10-12-21)24(29)28-27-16-18-7-13-23(14-8-18)30-17-19-5-4-6-22(26)15-19/h4-16H,17H2,1-3H3,(H,28,29)/b27-16+. The number of rotatable bonds is 6. The Bertz CT molecular complexity index is 1020. The molecule has 3 rings (SSSR count). The summed E-state index contributed by atoms with van der Waals surface area (Å²) in [6.07, 6.45) is 1.60. The molecule has 0 fully saturated rings. The minimum absolute atomic E-state index is 0.0528. The van der Waals surface area contributed by atoms with E-state index in [-0.39, 0.29) is 11.3 Å². The minimum atomic E-state index is -0.242. The number of hydrogen-bond donors (Lipinski definition) is 1. The maximum atomic E-state index is 12.2. The van der Waals surface area contributed by atoms with E-state index in [2.05, 4.69) is 31.3 Å². The Labute approximate surface area is 182 Å². The molecule has 0 heterocycles. The van der Waals surface area contributed by atoms with Gasteiger partial charge in [-0.15, -0.1) is 0 Å². The molecule has 3 aromatic carbocycles. The Morgan fingerprint density at radius 2 is 1.73 bits per heavy atom. The lowest BCUT2D eigenvalue weighted by Gasteiger charge is -2.18. The van der Waals surface area contributed by atoms with Crippen molar-refractivity contribution < 1.29 is 9.53 Å². The van der Waals surface area contributed by atoms with E-state index in [0.717, 1.165) is 16.9 Å². The van der Waals surface area contributed by atoms with Crippen LogP contribution < -0.4 is 10.2 Å². The van der Waals surface area contributed by atoms with Crippen molar-refractivity contribution in [2.75, 3.05) is 0 Å². The first-order valence-corrected chi connectivity index (χ1v) is 10.1. The van der Waals surface area contributed by atoms with Crippen molar-refractivity contribution in [1.82, 2.24) is 5.43 Å². The number of ether oxygens (including phenoxy) is 1. The molecular weight excluding hydrogens is 396 g/mol. The summed E-state index contributed by atoms with van der Waals surface area (Å²) in [5.74, 6) is 0.503. The number of carbonyl (C=O) groups is 1. The predicted molar refractivity (Wildman–Crippen MR) is 122 cm³/mol. The van der Waals surface area contributed by atoms with E-state index in [1.165, 1.54) is 5.56 Å². The van der Waals surface area contributed by atoms with Gasteiger partial charge in [-0.25, -0.2) is 5.43 Å². The van der Waals surface area contributed by atoms with Crippen molar-refractivity contribution in [2.24, 2.45) is 5.10 Å². The lowest BCUT2D eigenvalue weighted by molar-refractivity contribution is 0.0955. The quantitative estimate of drug-likeness (QED) is 0.394. The van der Waals surface area contributed by atoms with Crippen molar-refractivity contribution in [3.05, 3.63) is 100 Å². The van der Waals surface area contributed by atoms with E-state index in [1.54, 1.807) is 6.21 Å². The molecule has 1 amide bonds. The van der Waals surface area contributed by atoms with Crippen LogP contribution in [0.25, 0.3) is 0 Å². The summed E-state index contributed by atoms with van der Waals surface area (Å²) >= 11 is 5.98. The zero-order chi connectivity index (χ0) is 21.6. The Morgan fingerprint density at radius 1 is 1.03 bits per heavy atom. The number of nitrogens with zero attached hydrogens (tertiary/aromatic N) is 1. The average molecular weight is 421 g/mol. The van der Waals surface area contributed by atoms with Crippen molar-refractivity contribution in [3.63, 3.8) is 0 Å². The van der Waals surface area contributed by atoms with Crippen LogP contribution in [0.15, 0.2) is 77.9 Å². The number of amides is 1. The molecule has 0 aliphatic heterocycles. The second-order valence-electron chi connectivity index (χ2n) is 8.01. The van der Waals surface area contributed by atoms with Gasteiger partial charge in [0, 0.05) is 10.6 Å². The molecule has 0 unspecified atom stereocenters. The molecule has 0 radical (unpaired) electrons. The molecule has 0 aromatic heterocycles. The fraction of sp³-hybridized carbons (Fsp3) is 0.200. The number of hydrazone groups is 1. The normalized spacial score (nSPS) is 11.5. The summed E-state index contributed by atoms with van der Waals surface area (Å²) < 4.78 is 5.76. The first-order chi connectivity index (χ1) is 14.3. The third-order valence-electron chi connectivity index (χ3n) is 4.57. The van der Waals surface area contributed by atoms with Gasteiger partial charge in [-0.05, 0) is 70.6 Å². The molecule has 0 aliphatic rings. The molecule has 30 heavy (non-hydrogen) atoms. The zero-order valence-electron chi connectivity index (χ0n) is 17.4. The lowest BCUT2D eigenvalue weighted by Crippen LogP contribution is -2.18. The maximum Gasteiger partial charge on any atom is 0.271 e. The number of benzene rings is 3. The highest BCUT2D eigenvalue weighted by Crippen LogP contribution is 2.22. The van der Waals surface area contributed by atoms with Gasteiger partial charge in [-0.3, -0.25) is 4.79 Å². The number of halogens is 1. The highest BCUT2D eigenvalue weighted by atomic mass is 35.5. The minimum Gasteiger partial charge on any atom is -0.489 e. The summed E-state index contributed by atoms with van der Waals surface area (Å²) in [5, 5.41) is 4.73. The fourth-order valence-corrected chi connectivity index (χ4v) is 3.01. The van der Waals surface area contributed by atoms with Gasteiger partial charge >= 0.3 is 0 Å². The van der Waals surface area contributed by atoms with Gasteiger partial charge in [-0.2, -0.15) is 5.10 Å². The number of hydrogen-bond acceptors (Lipinski definition) is 3. The maximum absolute atomic E-state index is 12.2. The van der Waals surface area contributed by atoms with Crippen molar-refractivity contribution in [1.29, 1.82) is 0 Å². The largest absolute Gasteiger partial charge is 0.489 e. The second-order valence-corrected chi connectivity index (χ2v) is 8.45. The lowest BCUT2D eigenvalue weighted by atomic mass is 9.87. The van der Waals surface area contributed by atoms with Gasteiger partial charge in [0.05, 0.1) is 6.21 Å². The number of carbonyl (C=O) groups excluding carboxylic acids is 1. The third-order valence-corrected chi connectivity index (χ3v) is 4.80. The molecule has 0 spiro atoms. The van der Waals surface area contributed by atoms with Crippen molar-refractivity contribution >= 4 is 23.7 Å². The smallest absolute Gasteiger partial charge is 0.271 e. The molecule has 5 heteroatoms. The van der Waals surface area contributed by atoms with Crippen LogP contribution in [0.1, 0.15) is 47.8 Å². The molecule has 0 atom stereocenters. The number of nitrogens with one attached hydrogen (secondary N) is 1. The zero-order valence-corrected chi connectivity index (χ0v) is 18.1. The van der Waals surface area contributed by atoms with Gasteiger partial charge in [0.25, 0.3) is 5.91 Å². The van der Waals surface area contributed by atoms with Crippen LogP contribution in [-0.4, -0.2) is 12.1 Å². The summed E-state index contributed by atoms with van der Waals surface area (Å²) in [4.78, 5) is 12.2.